The van der Waals surface area contributed by atoms with E-state index in [1.165, 1.54) is 6.92 Å². The van der Waals surface area contributed by atoms with Gasteiger partial charge in [-0.1, -0.05) is 29.8 Å². The van der Waals surface area contributed by atoms with Crippen LogP contribution in [0.25, 0.3) is 0 Å². The highest BCUT2D eigenvalue weighted by Crippen LogP contribution is 2.24. The fourth-order valence-corrected chi connectivity index (χ4v) is 3.09. The molecule has 0 saturated heterocycles. The Morgan fingerprint density at radius 1 is 1.04 bits per heavy atom. The van der Waals surface area contributed by atoms with Gasteiger partial charge >= 0.3 is 0 Å². The maximum absolute atomic E-state index is 12.6. The molecule has 2 aromatic carbocycles. The van der Waals surface area contributed by atoms with Crippen LogP contribution in [0, 0.1) is 20.8 Å². The minimum Gasteiger partial charge on any atom is -0.497 e. The van der Waals surface area contributed by atoms with E-state index in [1.807, 2.05) is 57.2 Å². The molecule has 0 radical (unpaired) electrons. The van der Waals surface area contributed by atoms with Crippen molar-refractivity contribution in [2.45, 2.75) is 40.2 Å². The SMILES string of the molecule is COc1ccc(C(CC(=O)Nc2c(C)cc(C)cc2C)NC(C)=O)cc1. The molecule has 1 unspecified atom stereocenters. The Morgan fingerprint density at radius 3 is 2.12 bits per heavy atom. The summed E-state index contributed by atoms with van der Waals surface area (Å²) in [6.07, 6.45) is 0.151. The van der Waals surface area contributed by atoms with Gasteiger partial charge in [0.05, 0.1) is 19.6 Å². The van der Waals surface area contributed by atoms with Crippen LogP contribution in [0.5, 0.6) is 5.75 Å². The van der Waals surface area contributed by atoms with E-state index in [4.69, 9.17) is 4.74 Å². The van der Waals surface area contributed by atoms with Gasteiger partial charge in [0.25, 0.3) is 0 Å². The number of carbonyl (C=O) groups excluding carboxylic acids is 2. The molecule has 26 heavy (non-hydrogen) atoms. The Morgan fingerprint density at radius 2 is 1.62 bits per heavy atom. The summed E-state index contributed by atoms with van der Waals surface area (Å²) in [6, 6.07) is 11.0. The molecule has 2 N–H and O–H groups in total. The highest BCUT2D eigenvalue weighted by Gasteiger charge is 2.18. The fourth-order valence-electron chi connectivity index (χ4n) is 3.09. The van der Waals surface area contributed by atoms with Crippen LogP contribution in [-0.4, -0.2) is 18.9 Å². The van der Waals surface area contributed by atoms with Gasteiger partial charge in [0.1, 0.15) is 5.75 Å². The smallest absolute Gasteiger partial charge is 0.226 e. The van der Waals surface area contributed by atoms with Crippen molar-refractivity contribution in [3.63, 3.8) is 0 Å². The molecular formula is C21H26N2O3. The van der Waals surface area contributed by atoms with Crippen LogP contribution in [0.3, 0.4) is 0 Å². The molecule has 0 bridgehead atoms. The summed E-state index contributed by atoms with van der Waals surface area (Å²) in [6.45, 7) is 7.43. The first-order valence-electron chi connectivity index (χ1n) is 8.59. The summed E-state index contributed by atoms with van der Waals surface area (Å²) in [7, 11) is 1.60. The van der Waals surface area contributed by atoms with Crippen molar-refractivity contribution in [3.05, 3.63) is 58.7 Å². The lowest BCUT2D eigenvalue weighted by atomic mass is 10.0. The molecule has 0 heterocycles. The highest BCUT2D eigenvalue weighted by molar-refractivity contribution is 5.93. The number of hydrogen-bond acceptors (Lipinski definition) is 3. The summed E-state index contributed by atoms with van der Waals surface area (Å²) in [4.78, 5) is 24.2. The Bertz CT molecular complexity index is 774. The maximum Gasteiger partial charge on any atom is 0.226 e. The molecule has 0 saturated carbocycles. The summed E-state index contributed by atoms with van der Waals surface area (Å²) in [5.41, 5.74) is 4.89. The molecule has 0 spiro atoms. The number of rotatable bonds is 6. The number of anilines is 1. The zero-order valence-corrected chi connectivity index (χ0v) is 16.0. The Kier molecular flexibility index (Phi) is 6.39. The number of benzene rings is 2. The first-order valence-corrected chi connectivity index (χ1v) is 8.59. The van der Waals surface area contributed by atoms with E-state index in [0.717, 1.165) is 33.7 Å². The van der Waals surface area contributed by atoms with Crippen molar-refractivity contribution < 1.29 is 14.3 Å². The maximum atomic E-state index is 12.6. The van der Waals surface area contributed by atoms with Crippen molar-refractivity contribution in [1.29, 1.82) is 0 Å². The van der Waals surface area contributed by atoms with Crippen LogP contribution in [0.4, 0.5) is 5.69 Å². The predicted molar refractivity (Wildman–Crippen MR) is 103 cm³/mol. The molecule has 0 aliphatic carbocycles. The molecule has 5 heteroatoms. The zero-order valence-electron chi connectivity index (χ0n) is 16.0. The average Bonchev–Trinajstić information content (AvgIpc) is 2.57. The van der Waals surface area contributed by atoms with Crippen LogP contribution in [0.15, 0.2) is 36.4 Å². The lowest BCUT2D eigenvalue weighted by Crippen LogP contribution is -2.30. The third-order valence-corrected chi connectivity index (χ3v) is 4.23. The number of aryl methyl sites for hydroxylation is 3. The van der Waals surface area contributed by atoms with Crippen LogP contribution in [-0.2, 0) is 9.59 Å². The van der Waals surface area contributed by atoms with Crippen LogP contribution in [0.2, 0.25) is 0 Å². The van der Waals surface area contributed by atoms with Gasteiger partial charge in [-0.2, -0.15) is 0 Å². The van der Waals surface area contributed by atoms with Gasteiger partial charge in [-0.3, -0.25) is 9.59 Å². The van der Waals surface area contributed by atoms with E-state index in [1.54, 1.807) is 7.11 Å². The van der Waals surface area contributed by atoms with E-state index in [-0.39, 0.29) is 18.2 Å². The van der Waals surface area contributed by atoms with Crippen molar-refractivity contribution >= 4 is 17.5 Å². The molecule has 2 rings (SSSR count). The second-order valence-corrected chi connectivity index (χ2v) is 6.55. The molecule has 2 aromatic rings. The number of nitrogens with one attached hydrogen (secondary N) is 2. The van der Waals surface area contributed by atoms with Crippen LogP contribution < -0.4 is 15.4 Å². The number of amides is 2. The van der Waals surface area contributed by atoms with Gasteiger partial charge in [0.15, 0.2) is 0 Å². The number of ether oxygens (including phenoxy) is 1. The van der Waals surface area contributed by atoms with E-state index < -0.39 is 6.04 Å². The minimum atomic E-state index is -0.399. The summed E-state index contributed by atoms with van der Waals surface area (Å²) < 4.78 is 5.16. The van der Waals surface area contributed by atoms with Crippen molar-refractivity contribution in [1.82, 2.24) is 5.32 Å². The Labute approximate surface area is 154 Å². The third-order valence-electron chi connectivity index (χ3n) is 4.23. The zero-order chi connectivity index (χ0) is 19.3. The molecule has 0 aliphatic rings. The normalized spacial score (nSPS) is 11.6. The Hall–Kier alpha value is -2.82. The number of methoxy groups -OCH3 is 1. The van der Waals surface area contributed by atoms with Gasteiger partial charge < -0.3 is 15.4 Å². The quantitative estimate of drug-likeness (QED) is 0.828. The second-order valence-electron chi connectivity index (χ2n) is 6.55. The standard InChI is InChI=1S/C21H26N2O3/c1-13-10-14(2)21(15(3)11-13)23-20(25)12-19(22-16(4)24)17-6-8-18(26-5)9-7-17/h6-11,19H,12H2,1-5H3,(H,22,24)(H,23,25). The molecule has 0 fully saturated rings. The largest absolute Gasteiger partial charge is 0.497 e. The molecule has 138 valence electrons. The van der Waals surface area contributed by atoms with Crippen molar-refractivity contribution in [2.75, 3.05) is 12.4 Å². The Balaban J connectivity index is 2.17. The van der Waals surface area contributed by atoms with E-state index in [2.05, 4.69) is 10.6 Å². The van der Waals surface area contributed by atoms with Gasteiger partial charge in [-0.05, 0) is 49.6 Å². The van der Waals surface area contributed by atoms with Gasteiger partial charge in [-0.15, -0.1) is 0 Å². The topological polar surface area (TPSA) is 67.4 Å². The summed E-state index contributed by atoms with van der Waals surface area (Å²) in [5, 5.41) is 5.83. The first-order chi connectivity index (χ1) is 12.3. The summed E-state index contributed by atoms with van der Waals surface area (Å²) >= 11 is 0. The number of carbonyl (C=O) groups is 2. The lowest BCUT2D eigenvalue weighted by molar-refractivity contribution is -0.120. The van der Waals surface area contributed by atoms with Crippen molar-refractivity contribution in [3.8, 4) is 5.75 Å². The predicted octanol–water partition coefficient (Wildman–Crippen LogP) is 3.83. The van der Waals surface area contributed by atoms with Crippen LogP contribution in [0.1, 0.15) is 41.6 Å². The second kappa shape index (κ2) is 8.52. The van der Waals surface area contributed by atoms with E-state index in [0.29, 0.717) is 0 Å². The van der Waals surface area contributed by atoms with Gasteiger partial charge in [0, 0.05) is 12.6 Å². The van der Waals surface area contributed by atoms with Gasteiger partial charge in [0.2, 0.25) is 11.8 Å². The average molecular weight is 354 g/mol. The summed E-state index contributed by atoms with van der Waals surface area (Å²) in [5.74, 6) is 0.404. The fraction of sp³-hybridized carbons (Fsp3) is 0.333. The van der Waals surface area contributed by atoms with Gasteiger partial charge in [-0.25, -0.2) is 0 Å². The third kappa shape index (κ3) is 5.09. The monoisotopic (exact) mass is 354 g/mol. The van der Waals surface area contributed by atoms with E-state index in [9.17, 15) is 9.59 Å². The van der Waals surface area contributed by atoms with E-state index >= 15 is 0 Å². The molecule has 0 aromatic heterocycles. The molecule has 5 nitrogen and oxygen atoms in total. The molecule has 2 amide bonds. The molecule has 0 aliphatic heterocycles. The highest BCUT2D eigenvalue weighted by atomic mass is 16.5. The first kappa shape index (κ1) is 19.5. The molecule has 1 atom stereocenters. The lowest BCUT2D eigenvalue weighted by Gasteiger charge is -2.19. The van der Waals surface area contributed by atoms with Crippen LogP contribution >= 0.6 is 0 Å². The van der Waals surface area contributed by atoms with Crippen molar-refractivity contribution in [2.24, 2.45) is 0 Å². The molecular weight excluding hydrogens is 328 g/mol. The number of hydrogen-bond donors (Lipinski definition) is 2. The minimum absolute atomic E-state index is 0.144.